The Bertz CT molecular complexity index is 128. The van der Waals surface area contributed by atoms with Crippen molar-refractivity contribution < 1.29 is 10.2 Å². The van der Waals surface area contributed by atoms with Crippen LogP contribution in [0, 0.1) is 5.41 Å². The number of rotatable bonds is 4. The Hall–Kier alpha value is -0.340. The van der Waals surface area contributed by atoms with E-state index in [0.717, 1.165) is 0 Å². The first-order chi connectivity index (χ1) is 5.04. The highest BCUT2D eigenvalue weighted by atomic mass is 16.3. The quantitative estimate of drug-likeness (QED) is 0.606. The van der Waals surface area contributed by atoms with E-state index in [1.165, 1.54) is 0 Å². The van der Waals surface area contributed by atoms with Crippen molar-refractivity contribution in [1.82, 2.24) is 0 Å². The molecule has 0 aromatic heterocycles. The second kappa shape index (κ2) is 4.52. The Morgan fingerprint density at radius 2 is 2.00 bits per heavy atom. The smallest absolute Gasteiger partial charge is 0.0647 e. The molecular formula is C9H18O2. The van der Waals surface area contributed by atoms with E-state index in [4.69, 9.17) is 5.11 Å². The van der Waals surface area contributed by atoms with E-state index in [0.29, 0.717) is 6.42 Å². The highest BCUT2D eigenvalue weighted by Gasteiger charge is 2.23. The van der Waals surface area contributed by atoms with Crippen LogP contribution in [0.4, 0.5) is 0 Å². The Morgan fingerprint density at radius 3 is 2.36 bits per heavy atom. The number of allylic oxidation sites excluding steroid dienone is 1. The van der Waals surface area contributed by atoms with Crippen molar-refractivity contribution in [1.29, 1.82) is 0 Å². The largest absolute Gasteiger partial charge is 0.396 e. The van der Waals surface area contributed by atoms with Gasteiger partial charge in [0.05, 0.1) is 6.10 Å². The zero-order valence-corrected chi connectivity index (χ0v) is 7.54. The maximum Gasteiger partial charge on any atom is 0.0647 e. The van der Waals surface area contributed by atoms with Crippen molar-refractivity contribution in [3.8, 4) is 0 Å². The molecule has 11 heavy (non-hydrogen) atoms. The molecule has 2 nitrogen and oxygen atoms in total. The average molecular weight is 158 g/mol. The minimum atomic E-state index is -0.455. The molecule has 0 radical (unpaired) electrons. The van der Waals surface area contributed by atoms with Crippen LogP contribution in [0.25, 0.3) is 0 Å². The summed E-state index contributed by atoms with van der Waals surface area (Å²) in [5.41, 5.74) is -0.225. The van der Waals surface area contributed by atoms with Gasteiger partial charge in [-0.3, -0.25) is 0 Å². The fraction of sp³-hybridized carbons (Fsp3) is 0.778. The molecule has 0 aliphatic rings. The molecule has 0 bridgehead atoms. The lowest BCUT2D eigenvalue weighted by Gasteiger charge is -2.26. The number of aliphatic hydroxyl groups excluding tert-OH is 2. The van der Waals surface area contributed by atoms with Crippen molar-refractivity contribution in [2.45, 2.75) is 33.3 Å². The second-order valence-corrected chi connectivity index (χ2v) is 3.35. The van der Waals surface area contributed by atoms with Crippen LogP contribution in [0.1, 0.15) is 27.2 Å². The molecule has 1 unspecified atom stereocenters. The van der Waals surface area contributed by atoms with E-state index in [2.05, 4.69) is 0 Å². The molecule has 0 aliphatic carbocycles. The van der Waals surface area contributed by atoms with Crippen LogP contribution in [-0.4, -0.2) is 22.9 Å². The van der Waals surface area contributed by atoms with Gasteiger partial charge in [-0.15, -0.1) is 0 Å². The van der Waals surface area contributed by atoms with E-state index < -0.39 is 6.10 Å². The topological polar surface area (TPSA) is 40.5 Å². The standard InChI is InChI=1S/C9H18O2/c1-4-6-9(2,3)8(11)5-7-10/h4,6,8,10-11H,5,7H2,1-3H3/b6-4+. The fourth-order valence-corrected chi connectivity index (χ4v) is 1.03. The highest BCUT2D eigenvalue weighted by Crippen LogP contribution is 2.24. The Labute approximate surface area is 68.6 Å². The SMILES string of the molecule is C/C=C/C(C)(C)C(O)CCO. The van der Waals surface area contributed by atoms with Gasteiger partial charge in [0.1, 0.15) is 0 Å². The summed E-state index contributed by atoms with van der Waals surface area (Å²) >= 11 is 0. The molecular weight excluding hydrogens is 140 g/mol. The molecule has 0 aromatic rings. The summed E-state index contributed by atoms with van der Waals surface area (Å²) in [6.07, 6.45) is 3.86. The van der Waals surface area contributed by atoms with Crippen LogP contribution < -0.4 is 0 Å². The Balaban J connectivity index is 4.05. The zero-order valence-electron chi connectivity index (χ0n) is 7.54. The highest BCUT2D eigenvalue weighted by molar-refractivity contribution is 4.96. The molecule has 0 fully saturated rings. The van der Waals surface area contributed by atoms with Crippen molar-refractivity contribution in [3.05, 3.63) is 12.2 Å². The van der Waals surface area contributed by atoms with Crippen molar-refractivity contribution in [2.24, 2.45) is 5.41 Å². The molecule has 0 spiro atoms. The zero-order chi connectivity index (χ0) is 8.91. The van der Waals surface area contributed by atoms with Gasteiger partial charge in [0, 0.05) is 12.0 Å². The minimum Gasteiger partial charge on any atom is -0.396 e. The predicted molar refractivity (Wildman–Crippen MR) is 46.3 cm³/mol. The summed E-state index contributed by atoms with van der Waals surface area (Å²) in [6, 6.07) is 0. The molecule has 0 amide bonds. The fourth-order valence-electron chi connectivity index (χ4n) is 1.03. The van der Waals surface area contributed by atoms with Crippen molar-refractivity contribution in [2.75, 3.05) is 6.61 Å². The van der Waals surface area contributed by atoms with Gasteiger partial charge in [-0.25, -0.2) is 0 Å². The molecule has 1 atom stereocenters. The summed E-state index contributed by atoms with van der Waals surface area (Å²) in [4.78, 5) is 0. The third kappa shape index (κ3) is 3.54. The summed E-state index contributed by atoms with van der Waals surface area (Å²) in [7, 11) is 0. The minimum absolute atomic E-state index is 0.0438. The molecule has 2 heteroatoms. The molecule has 2 N–H and O–H groups in total. The van der Waals surface area contributed by atoms with Crippen LogP contribution in [0.2, 0.25) is 0 Å². The summed E-state index contributed by atoms with van der Waals surface area (Å²) < 4.78 is 0. The van der Waals surface area contributed by atoms with Crippen LogP contribution in [-0.2, 0) is 0 Å². The lowest BCUT2D eigenvalue weighted by molar-refractivity contribution is 0.0566. The average Bonchev–Trinajstić information content (AvgIpc) is 1.88. The molecule has 0 aliphatic heterocycles. The number of hydrogen-bond acceptors (Lipinski definition) is 2. The van der Waals surface area contributed by atoms with E-state index >= 15 is 0 Å². The Morgan fingerprint density at radius 1 is 1.45 bits per heavy atom. The van der Waals surface area contributed by atoms with E-state index in [1.54, 1.807) is 0 Å². The van der Waals surface area contributed by atoms with E-state index in [1.807, 2.05) is 32.9 Å². The summed E-state index contributed by atoms with van der Waals surface area (Å²) in [5, 5.41) is 18.1. The molecule has 0 heterocycles. The Kier molecular flexibility index (Phi) is 4.38. The first-order valence-corrected chi connectivity index (χ1v) is 3.97. The van der Waals surface area contributed by atoms with E-state index in [9.17, 15) is 5.11 Å². The lowest BCUT2D eigenvalue weighted by atomic mass is 9.84. The maximum absolute atomic E-state index is 9.50. The van der Waals surface area contributed by atoms with Gasteiger partial charge in [0.25, 0.3) is 0 Å². The normalized spacial score (nSPS) is 15.7. The van der Waals surface area contributed by atoms with Crippen molar-refractivity contribution >= 4 is 0 Å². The predicted octanol–water partition coefficient (Wildman–Crippen LogP) is 1.33. The third-order valence-electron chi connectivity index (χ3n) is 1.86. The summed E-state index contributed by atoms with van der Waals surface area (Å²) in [5.74, 6) is 0. The van der Waals surface area contributed by atoms with Crippen LogP contribution in [0.5, 0.6) is 0 Å². The number of hydrogen-bond donors (Lipinski definition) is 2. The van der Waals surface area contributed by atoms with Crippen molar-refractivity contribution in [3.63, 3.8) is 0 Å². The molecule has 0 rings (SSSR count). The third-order valence-corrected chi connectivity index (χ3v) is 1.86. The first kappa shape index (κ1) is 10.7. The van der Waals surface area contributed by atoms with Crippen LogP contribution in [0.3, 0.4) is 0 Å². The van der Waals surface area contributed by atoms with Crippen LogP contribution in [0.15, 0.2) is 12.2 Å². The lowest BCUT2D eigenvalue weighted by Crippen LogP contribution is -2.28. The van der Waals surface area contributed by atoms with E-state index in [-0.39, 0.29) is 12.0 Å². The van der Waals surface area contributed by atoms with Gasteiger partial charge < -0.3 is 10.2 Å². The van der Waals surface area contributed by atoms with Gasteiger partial charge in [-0.05, 0) is 13.3 Å². The molecule has 0 saturated heterocycles. The summed E-state index contributed by atoms with van der Waals surface area (Å²) in [6.45, 7) is 5.87. The monoisotopic (exact) mass is 158 g/mol. The van der Waals surface area contributed by atoms with Gasteiger partial charge >= 0.3 is 0 Å². The van der Waals surface area contributed by atoms with Crippen LogP contribution >= 0.6 is 0 Å². The first-order valence-electron chi connectivity index (χ1n) is 3.97. The molecule has 66 valence electrons. The molecule has 0 saturated carbocycles. The van der Waals surface area contributed by atoms with Gasteiger partial charge in [-0.1, -0.05) is 26.0 Å². The number of aliphatic hydroxyl groups is 2. The second-order valence-electron chi connectivity index (χ2n) is 3.35. The molecule has 0 aromatic carbocycles. The van der Waals surface area contributed by atoms with Gasteiger partial charge in [-0.2, -0.15) is 0 Å². The van der Waals surface area contributed by atoms with Gasteiger partial charge in [0.15, 0.2) is 0 Å². The van der Waals surface area contributed by atoms with Gasteiger partial charge in [0.2, 0.25) is 0 Å². The maximum atomic E-state index is 9.50.